The van der Waals surface area contributed by atoms with Crippen LogP contribution in [0.2, 0.25) is 0 Å². The molecule has 2 heterocycles. The van der Waals surface area contributed by atoms with Gasteiger partial charge < -0.3 is 10.3 Å². The van der Waals surface area contributed by atoms with Gasteiger partial charge in [0.1, 0.15) is 11.8 Å². The Morgan fingerprint density at radius 3 is 2.14 bits per heavy atom. The highest BCUT2D eigenvalue weighted by Gasteiger charge is 2.34. The Morgan fingerprint density at radius 1 is 0.750 bits per heavy atom. The maximum atomic E-state index is 13.0. The Labute approximate surface area is 162 Å². The van der Waals surface area contributed by atoms with Crippen molar-refractivity contribution in [3.05, 3.63) is 108 Å². The summed E-state index contributed by atoms with van der Waals surface area (Å²) in [6.07, 6.45) is 1.87. The zero-order valence-corrected chi connectivity index (χ0v) is 15.2. The van der Waals surface area contributed by atoms with Gasteiger partial charge in [0.05, 0.1) is 6.04 Å². The summed E-state index contributed by atoms with van der Waals surface area (Å²) >= 11 is 0. The second kappa shape index (κ2) is 6.82. The number of H-pyrrole nitrogens is 1. The number of fused-ring (bicyclic) bond motifs is 1. The minimum atomic E-state index is -0.204. The highest BCUT2D eigenvalue weighted by molar-refractivity contribution is 6.47. The summed E-state index contributed by atoms with van der Waals surface area (Å²) in [5, 5.41) is 4.20. The van der Waals surface area contributed by atoms with Gasteiger partial charge in [-0.3, -0.25) is 9.79 Å². The summed E-state index contributed by atoms with van der Waals surface area (Å²) in [5.41, 5.74) is 4.42. The fraction of sp³-hybridized carbons (Fsp3) is 0.0833. The van der Waals surface area contributed by atoms with Crippen molar-refractivity contribution in [3.63, 3.8) is 0 Å². The Balaban J connectivity index is 1.66. The summed E-state index contributed by atoms with van der Waals surface area (Å²) < 4.78 is 0. The summed E-state index contributed by atoms with van der Waals surface area (Å²) in [7, 11) is 0. The molecule has 1 aliphatic heterocycles. The van der Waals surface area contributed by atoms with Crippen LogP contribution in [0, 0.1) is 0 Å². The van der Waals surface area contributed by atoms with Crippen LogP contribution in [0.3, 0.4) is 0 Å². The second-order valence-electron chi connectivity index (χ2n) is 6.94. The van der Waals surface area contributed by atoms with Crippen LogP contribution in [-0.4, -0.2) is 16.6 Å². The first-order valence-electron chi connectivity index (χ1n) is 9.36. The number of carbonyl (C=O) groups excluding carboxylic acids is 1. The van der Waals surface area contributed by atoms with E-state index in [-0.39, 0.29) is 18.0 Å². The molecule has 0 spiro atoms. The van der Waals surface area contributed by atoms with Crippen molar-refractivity contribution in [3.8, 4) is 0 Å². The van der Waals surface area contributed by atoms with E-state index in [4.69, 9.17) is 4.99 Å². The molecule has 28 heavy (non-hydrogen) atoms. The van der Waals surface area contributed by atoms with Gasteiger partial charge in [-0.1, -0.05) is 78.9 Å². The summed E-state index contributed by atoms with van der Waals surface area (Å²) in [6, 6.07) is 27.7. The molecular weight excluding hydrogens is 346 g/mol. The van der Waals surface area contributed by atoms with E-state index in [1.165, 1.54) is 0 Å². The topological polar surface area (TPSA) is 57.2 Å². The van der Waals surface area contributed by atoms with Crippen molar-refractivity contribution >= 4 is 22.5 Å². The van der Waals surface area contributed by atoms with Crippen LogP contribution in [0.15, 0.2) is 96.1 Å². The lowest BCUT2D eigenvalue weighted by molar-refractivity contribution is -0.116. The van der Waals surface area contributed by atoms with Gasteiger partial charge in [0, 0.05) is 22.7 Å². The lowest BCUT2D eigenvalue weighted by Crippen LogP contribution is -2.42. The molecule has 0 unspecified atom stereocenters. The smallest absolute Gasteiger partial charge is 0.270 e. The van der Waals surface area contributed by atoms with Gasteiger partial charge in [-0.25, -0.2) is 0 Å². The van der Waals surface area contributed by atoms with Crippen LogP contribution in [-0.2, 0) is 4.79 Å². The van der Waals surface area contributed by atoms with E-state index in [0.29, 0.717) is 5.71 Å². The van der Waals surface area contributed by atoms with Gasteiger partial charge >= 0.3 is 0 Å². The average molecular weight is 365 g/mol. The number of amides is 1. The standard InChI is InChI=1S/C24H19N3O/c28-24-23(19-15-25-20-14-8-7-13-18(19)20)26-21(16-9-3-1-4-10-16)22(27-24)17-11-5-2-6-12-17/h1-15,21-22,25H,(H,27,28)/t21-,22-/m1/s1. The number of aromatic amines is 1. The van der Waals surface area contributed by atoms with E-state index < -0.39 is 0 Å². The van der Waals surface area contributed by atoms with E-state index >= 15 is 0 Å². The van der Waals surface area contributed by atoms with Crippen LogP contribution in [0.4, 0.5) is 0 Å². The van der Waals surface area contributed by atoms with Crippen molar-refractivity contribution in [1.29, 1.82) is 0 Å². The van der Waals surface area contributed by atoms with Crippen LogP contribution in [0.25, 0.3) is 10.9 Å². The maximum absolute atomic E-state index is 13.0. The van der Waals surface area contributed by atoms with Crippen molar-refractivity contribution < 1.29 is 4.79 Å². The first-order chi connectivity index (χ1) is 13.8. The predicted molar refractivity (Wildman–Crippen MR) is 111 cm³/mol. The number of nitrogens with zero attached hydrogens (tertiary/aromatic N) is 1. The molecule has 2 atom stereocenters. The number of hydrogen-bond acceptors (Lipinski definition) is 2. The van der Waals surface area contributed by atoms with Gasteiger partial charge in [-0.15, -0.1) is 0 Å². The first kappa shape index (κ1) is 16.5. The highest BCUT2D eigenvalue weighted by atomic mass is 16.2. The zero-order chi connectivity index (χ0) is 18.9. The van der Waals surface area contributed by atoms with E-state index in [1.54, 1.807) is 0 Å². The highest BCUT2D eigenvalue weighted by Crippen LogP contribution is 2.36. The summed E-state index contributed by atoms with van der Waals surface area (Å²) in [5.74, 6) is -0.147. The number of carbonyl (C=O) groups is 1. The van der Waals surface area contributed by atoms with Crippen molar-refractivity contribution in [2.24, 2.45) is 4.99 Å². The van der Waals surface area contributed by atoms with Crippen LogP contribution in [0.5, 0.6) is 0 Å². The molecular formula is C24H19N3O. The fourth-order valence-corrected chi connectivity index (χ4v) is 3.86. The molecule has 4 aromatic rings. The first-order valence-corrected chi connectivity index (χ1v) is 9.36. The number of rotatable bonds is 3. The van der Waals surface area contributed by atoms with E-state index in [2.05, 4.69) is 22.4 Å². The SMILES string of the molecule is O=C1N[C@H](c2ccccc2)[C@@H](c2ccccc2)N=C1c1c[nH]c2ccccc12. The molecule has 3 aromatic carbocycles. The summed E-state index contributed by atoms with van der Waals surface area (Å²) in [4.78, 5) is 21.3. The van der Waals surface area contributed by atoms with Gasteiger partial charge in [-0.05, 0) is 17.2 Å². The number of hydrogen-bond donors (Lipinski definition) is 2. The quantitative estimate of drug-likeness (QED) is 0.549. The van der Waals surface area contributed by atoms with Gasteiger partial charge in [0.15, 0.2) is 0 Å². The molecule has 0 saturated carbocycles. The van der Waals surface area contributed by atoms with Crippen molar-refractivity contribution in [2.75, 3.05) is 0 Å². The molecule has 4 heteroatoms. The molecule has 0 aliphatic carbocycles. The Bertz CT molecular complexity index is 1160. The van der Waals surface area contributed by atoms with Gasteiger partial charge in [0.2, 0.25) is 0 Å². The molecule has 1 aliphatic rings. The van der Waals surface area contributed by atoms with E-state index in [9.17, 15) is 4.79 Å². The Morgan fingerprint density at radius 2 is 1.39 bits per heavy atom. The molecule has 1 amide bonds. The third-order valence-corrected chi connectivity index (χ3v) is 5.23. The maximum Gasteiger partial charge on any atom is 0.270 e. The lowest BCUT2D eigenvalue weighted by Gasteiger charge is -2.31. The predicted octanol–water partition coefficient (Wildman–Crippen LogP) is 4.57. The van der Waals surface area contributed by atoms with Crippen LogP contribution < -0.4 is 5.32 Å². The van der Waals surface area contributed by atoms with Gasteiger partial charge in [-0.2, -0.15) is 0 Å². The average Bonchev–Trinajstić information content (AvgIpc) is 3.19. The van der Waals surface area contributed by atoms with E-state index in [1.807, 2.05) is 79.0 Å². The minimum absolute atomic E-state index is 0.147. The zero-order valence-electron chi connectivity index (χ0n) is 15.2. The van der Waals surface area contributed by atoms with Gasteiger partial charge in [0.25, 0.3) is 5.91 Å². The molecule has 5 rings (SSSR count). The van der Waals surface area contributed by atoms with Crippen LogP contribution in [0.1, 0.15) is 28.8 Å². The second-order valence-corrected chi connectivity index (χ2v) is 6.94. The Hall–Kier alpha value is -3.66. The van der Waals surface area contributed by atoms with Crippen molar-refractivity contribution in [1.82, 2.24) is 10.3 Å². The largest absolute Gasteiger partial charge is 0.360 e. The normalized spacial score (nSPS) is 19.3. The Kier molecular flexibility index (Phi) is 4.02. The lowest BCUT2D eigenvalue weighted by atomic mass is 9.91. The third kappa shape index (κ3) is 2.79. The molecule has 136 valence electrons. The van der Waals surface area contributed by atoms with Crippen LogP contribution >= 0.6 is 0 Å². The molecule has 1 aromatic heterocycles. The monoisotopic (exact) mass is 365 g/mol. The number of para-hydroxylation sites is 1. The number of aliphatic imine (C=N–C) groups is 1. The molecule has 0 saturated heterocycles. The molecule has 0 bridgehead atoms. The number of nitrogens with one attached hydrogen (secondary N) is 2. The molecule has 0 fully saturated rings. The third-order valence-electron chi connectivity index (χ3n) is 5.23. The molecule has 4 nitrogen and oxygen atoms in total. The molecule has 2 N–H and O–H groups in total. The van der Waals surface area contributed by atoms with Crippen molar-refractivity contribution in [2.45, 2.75) is 12.1 Å². The number of benzene rings is 3. The minimum Gasteiger partial charge on any atom is -0.360 e. The van der Waals surface area contributed by atoms with E-state index in [0.717, 1.165) is 27.6 Å². The summed E-state index contributed by atoms with van der Waals surface area (Å²) in [6.45, 7) is 0. The fourth-order valence-electron chi connectivity index (χ4n) is 3.86. The molecule has 0 radical (unpaired) electrons. The number of aromatic nitrogens is 1.